The maximum atomic E-state index is 9.00. The van der Waals surface area contributed by atoms with E-state index in [-0.39, 0.29) is 6.61 Å². The van der Waals surface area contributed by atoms with Crippen molar-refractivity contribution in [1.29, 1.82) is 0 Å². The minimum atomic E-state index is 0.0123. The van der Waals surface area contributed by atoms with Gasteiger partial charge < -0.3 is 14.6 Å². The topological polar surface area (TPSA) is 64.5 Å². The van der Waals surface area contributed by atoms with Crippen LogP contribution in [0.4, 0.5) is 0 Å². The van der Waals surface area contributed by atoms with Crippen LogP contribution in [0.25, 0.3) is 0 Å². The molecule has 1 N–H and O–H groups in total. The predicted octanol–water partition coefficient (Wildman–Crippen LogP) is 6.60. The molecule has 32 heavy (non-hydrogen) atoms. The summed E-state index contributed by atoms with van der Waals surface area (Å²) in [4.78, 5) is 8.24. The number of benzene rings is 2. The minimum Gasteiger partial charge on any atom is -0.439 e. The van der Waals surface area contributed by atoms with Crippen molar-refractivity contribution >= 4 is 11.6 Å². The highest BCUT2D eigenvalue weighted by Gasteiger charge is 2.01. The molecule has 0 spiro atoms. The van der Waals surface area contributed by atoms with Crippen LogP contribution in [0.15, 0.2) is 85.2 Å². The van der Waals surface area contributed by atoms with E-state index in [1.165, 1.54) is 0 Å². The van der Waals surface area contributed by atoms with Gasteiger partial charge in [0.15, 0.2) is 0 Å². The number of hydrogen-bond acceptors (Lipinski definition) is 5. The predicted molar refractivity (Wildman–Crippen MR) is 126 cm³/mol. The Labute approximate surface area is 193 Å². The first-order valence-corrected chi connectivity index (χ1v) is 10.6. The Morgan fingerprint density at radius 1 is 0.719 bits per heavy atom. The Morgan fingerprint density at radius 3 is 1.69 bits per heavy atom. The Balaban J connectivity index is 0.000000181. The molecule has 0 amide bonds. The summed E-state index contributed by atoms with van der Waals surface area (Å²) in [6.07, 6.45) is 3.44. The second-order valence-corrected chi connectivity index (χ2v) is 7.40. The van der Waals surface area contributed by atoms with Crippen LogP contribution in [0.5, 0.6) is 23.3 Å². The van der Waals surface area contributed by atoms with Gasteiger partial charge in [0.05, 0.1) is 6.61 Å². The molecular formula is C26H25ClN2O3. The molecule has 2 aromatic heterocycles. The summed E-state index contributed by atoms with van der Waals surface area (Å²) >= 11 is 5.76. The van der Waals surface area contributed by atoms with Gasteiger partial charge in [0.2, 0.25) is 11.8 Å². The van der Waals surface area contributed by atoms with Gasteiger partial charge in [-0.3, -0.25) is 0 Å². The molecule has 0 aliphatic heterocycles. The lowest BCUT2D eigenvalue weighted by Crippen LogP contribution is -1.89. The third kappa shape index (κ3) is 7.38. The summed E-state index contributed by atoms with van der Waals surface area (Å²) in [5.41, 5.74) is 4.08. The fraction of sp³-hybridized carbons (Fsp3) is 0.154. The first-order valence-electron chi connectivity index (χ1n) is 10.1. The lowest BCUT2D eigenvalue weighted by Gasteiger charge is -2.06. The van der Waals surface area contributed by atoms with Crippen LogP contribution in [0.3, 0.4) is 0 Å². The van der Waals surface area contributed by atoms with E-state index in [1.54, 1.807) is 18.5 Å². The molecule has 0 bridgehead atoms. The summed E-state index contributed by atoms with van der Waals surface area (Å²) in [5, 5.41) is 9.00. The summed E-state index contributed by atoms with van der Waals surface area (Å²) in [6, 6.07) is 22.6. The number of aliphatic hydroxyl groups excluding tert-OH is 1. The van der Waals surface area contributed by atoms with E-state index in [2.05, 4.69) is 9.97 Å². The summed E-state index contributed by atoms with van der Waals surface area (Å²) in [7, 11) is 0. The van der Waals surface area contributed by atoms with Crippen molar-refractivity contribution in [2.75, 3.05) is 0 Å². The molecule has 0 fully saturated rings. The highest BCUT2D eigenvalue weighted by Crippen LogP contribution is 2.22. The van der Waals surface area contributed by atoms with Gasteiger partial charge in [-0.05, 0) is 72.5 Å². The molecule has 6 heteroatoms. The molecule has 0 saturated carbocycles. The largest absolute Gasteiger partial charge is 0.439 e. The van der Waals surface area contributed by atoms with E-state index in [9.17, 15) is 0 Å². The van der Waals surface area contributed by atoms with Gasteiger partial charge in [-0.25, -0.2) is 9.97 Å². The van der Waals surface area contributed by atoms with Crippen LogP contribution in [-0.2, 0) is 12.5 Å². The zero-order valence-corrected chi connectivity index (χ0v) is 18.8. The maximum absolute atomic E-state index is 9.00. The van der Waals surface area contributed by atoms with Crippen molar-refractivity contribution in [3.8, 4) is 23.3 Å². The lowest BCUT2D eigenvalue weighted by molar-refractivity contribution is 0.281. The van der Waals surface area contributed by atoms with Crippen LogP contribution >= 0.6 is 11.6 Å². The second kappa shape index (κ2) is 11.8. The van der Waals surface area contributed by atoms with E-state index in [4.69, 9.17) is 26.2 Å². The molecule has 5 nitrogen and oxygen atoms in total. The molecule has 164 valence electrons. The van der Waals surface area contributed by atoms with Gasteiger partial charge in [-0.2, -0.15) is 0 Å². The average molecular weight is 449 g/mol. The molecule has 0 radical (unpaired) electrons. The van der Waals surface area contributed by atoms with Gasteiger partial charge in [-0.15, -0.1) is 11.6 Å². The van der Waals surface area contributed by atoms with Gasteiger partial charge >= 0.3 is 0 Å². The monoisotopic (exact) mass is 448 g/mol. The SMILES string of the molecule is Cc1ccnc(Oc2cccc(CCl)c2)c1.Cc1ccnc(Oc2cccc(CO)c2)c1. The molecule has 0 saturated heterocycles. The first kappa shape index (κ1) is 23.3. The highest BCUT2D eigenvalue weighted by molar-refractivity contribution is 6.17. The Bertz CT molecular complexity index is 1060. The van der Waals surface area contributed by atoms with Crippen LogP contribution in [0.2, 0.25) is 0 Å². The number of alkyl halides is 1. The van der Waals surface area contributed by atoms with Crippen LogP contribution < -0.4 is 9.47 Å². The van der Waals surface area contributed by atoms with Gasteiger partial charge in [0.1, 0.15) is 11.5 Å². The smallest absolute Gasteiger partial charge is 0.219 e. The Kier molecular flexibility index (Phi) is 8.61. The third-order valence-corrected chi connectivity index (χ3v) is 4.67. The number of nitrogens with zero attached hydrogens (tertiary/aromatic N) is 2. The van der Waals surface area contributed by atoms with Crippen molar-refractivity contribution in [2.45, 2.75) is 26.3 Å². The Hall–Kier alpha value is -3.41. The number of hydrogen-bond donors (Lipinski definition) is 1. The van der Waals surface area contributed by atoms with Crippen LogP contribution in [0, 0.1) is 13.8 Å². The van der Waals surface area contributed by atoms with Gasteiger partial charge in [0.25, 0.3) is 0 Å². The zero-order chi connectivity index (χ0) is 22.8. The third-order valence-electron chi connectivity index (χ3n) is 4.36. The molecule has 4 rings (SSSR count). The van der Waals surface area contributed by atoms with Gasteiger partial charge in [-0.1, -0.05) is 24.3 Å². The summed E-state index contributed by atoms with van der Waals surface area (Å²) in [6.45, 7) is 4.00. The summed E-state index contributed by atoms with van der Waals surface area (Å²) < 4.78 is 11.2. The van der Waals surface area contributed by atoms with Crippen molar-refractivity contribution in [1.82, 2.24) is 9.97 Å². The highest BCUT2D eigenvalue weighted by atomic mass is 35.5. The Morgan fingerprint density at radius 2 is 1.22 bits per heavy atom. The molecule has 2 heterocycles. The molecule has 0 atom stereocenters. The van der Waals surface area contributed by atoms with E-state index >= 15 is 0 Å². The number of rotatable bonds is 6. The van der Waals surface area contributed by atoms with E-state index in [1.807, 2.05) is 80.6 Å². The lowest BCUT2D eigenvalue weighted by atomic mass is 10.2. The van der Waals surface area contributed by atoms with Crippen molar-refractivity contribution in [3.63, 3.8) is 0 Å². The van der Waals surface area contributed by atoms with E-state index < -0.39 is 0 Å². The number of aryl methyl sites for hydroxylation is 2. The van der Waals surface area contributed by atoms with Crippen molar-refractivity contribution < 1.29 is 14.6 Å². The molecule has 2 aromatic carbocycles. The van der Waals surface area contributed by atoms with Crippen molar-refractivity contribution in [2.24, 2.45) is 0 Å². The second-order valence-electron chi connectivity index (χ2n) is 7.13. The van der Waals surface area contributed by atoms with Gasteiger partial charge in [0, 0.05) is 30.4 Å². The number of aromatic nitrogens is 2. The standard InChI is InChI=1S/C13H12ClNO.C13H13NO2/c1-10-5-6-15-13(7-10)16-12-4-2-3-11(8-12)9-14;1-10-5-6-14-13(7-10)16-12-4-2-3-11(8-12)9-15/h2-8H,9H2,1H3;2-8,15H,9H2,1H3. The molecule has 0 aliphatic carbocycles. The molecule has 4 aromatic rings. The van der Waals surface area contributed by atoms with Crippen LogP contribution in [0.1, 0.15) is 22.3 Å². The van der Waals surface area contributed by atoms with E-state index in [0.29, 0.717) is 23.4 Å². The normalized spacial score (nSPS) is 10.1. The molecular weight excluding hydrogens is 424 g/mol. The zero-order valence-electron chi connectivity index (χ0n) is 18.0. The van der Waals surface area contributed by atoms with E-state index in [0.717, 1.165) is 28.0 Å². The number of pyridine rings is 2. The summed E-state index contributed by atoms with van der Waals surface area (Å²) in [5.74, 6) is 3.10. The minimum absolute atomic E-state index is 0.0123. The molecule has 0 unspecified atom stereocenters. The fourth-order valence-corrected chi connectivity index (χ4v) is 2.94. The first-order chi connectivity index (χ1) is 15.6. The van der Waals surface area contributed by atoms with Crippen molar-refractivity contribution in [3.05, 3.63) is 107 Å². The number of halogens is 1. The quantitative estimate of drug-likeness (QED) is 0.337. The average Bonchev–Trinajstić information content (AvgIpc) is 2.80. The number of ether oxygens (including phenoxy) is 2. The maximum Gasteiger partial charge on any atom is 0.219 e. The molecule has 0 aliphatic rings. The fourth-order valence-electron chi connectivity index (χ4n) is 2.77. The number of aliphatic hydroxyl groups is 1. The van der Waals surface area contributed by atoms with Crippen LogP contribution in [-0.4, -0.2) is 15.1 Å².